The number of halogens is 1. The molecule has 1 aliphatic carbocycles. The van der Waals surface area contributed by atoms with Crippen LogP contribution < -0.4 is 5.32 Å². The van der Waals surface area contributed by atoms with Gasteiger partial charge in [-0.1, -0.05) is 24.9 Å². The number of nitrogens with zero attached hydrogens (tertiary/aromatic N) is 2. The van der Waals surface area contributed by atoms with E-state index in [0.717, 1.165) is 31.6 Å². The van der Waals surface area contributed by atoms with Gasteiger partial charge in [0.05, 0.1) is 17.2 Å². The van der Waals surface area contributed by atoms with Gasteiger partial charge in [0.1, 0.15) is 11.0 Å². The topological polar surface area (TPSA) is 68.9 Å². The molecular weight excluding hydrogens is 274 g/mol. The quantitative estimate of drug-likeness (QED) is 0.835. The van der Waals surface area contributed by atoms with Gasteiger partial charge in [-0.3, -0.25) is 0 Å². The highest BCUT2D eigenvalue weighted by Gasteiger charge is 2.32. The maximum Gasteiger partial charge on any atom is 0.132 e. The fourth-order valence-corrected chi connectivity index (χ4v) is 2.92. The Labute approximate surface area is 124 Å². The van der Waals surface area contributed by atoms with Crippen LogP contribution >= 0.6 is 11.6 Å². The van der Waals surface area contributed by atoms with Crippen molar-refractivity contribution in [1.29, 1.82) is 5.26 Å². The van der Waals surface area contributed by atoms with Gasteiger partial charge in [-0.05, 0) is 43.7 Å². The first-order valence-corrected chi connectivity index (χ1v) is 7.46. The molecule has 0 unspecified atom stereocenters. The molecule has 0 saturated heterocycles. The molecule has 0 aliphatic heterocycles. The Hall–Kier alpha value is -1.31. The van der Waals surface area contributed by atoms with Crippen molar-refractivity contribution in [3.63, 3.8) is 0 Å². The molecule has 0 spiro atoms. The van der Waals surface area contributed by atoms with E-state index in [1.54, 1.807) is 6.07 Å². The average Bonchev–Trinajstić information content (AvgIpc) is 2.45. The van der Waals surface area contributed by atoms with Crippen LogP contribution in [0.2, 0.25) is 5.15 Å². The van der Waals surface area contributed by atoms with Gasteiger partial charge in [0.2, 0.25) is 0 Å². The average molecular weight is 294 g/mol. The Bertz CT molecular complexity index is 504. The second kappa shape index (κ2) is 6.43. The van der Waals surface area contributed by atoms with Gasteiger partial charge in [0, 0.05) is 6.54 Å². The zero-order valence-corrected chi connectivity index (χ0v) is 12.5. The van der Waals surface area contributed by atoms with Crippen LogP contribution in [-0.4, -0.2) is 22.2 Å². The van der Waals surface area contributed by atoms with E-state index in [-0.39, 0.29) is 5.15 Å². The summed E-state index contributed by atoms with van der Waals surface area (Å²) in [6.07, 6.45) is 4.95. The zero-order valence-electron chi connectivity index (χ0n) is 11.7. The molecule has 20 heavy (non-hydrogen) atoms. The Morgan fingerprint density at radius 1 is 1.50 bits per heavy atom. The Morgan fingerprint density at radius 2 is 2.20 bits per heavy atom. The summed E-state index contributed by atoms with van der Waals surface area (Å²) in [7, 11) is 0. The molecular formula is C15H20ClN3O. The monoisotopic (exact) mass is 293 g/mol. The maximum absolute atomic E-state index is 10.6. The summed E-state index contributed by atoms with van der Waals surface area (Å²) in [5.74, 6) is 1.28. The highest BCUT2D eigenvalue weighted by Crippen LogP contribution is 2.33. The molecule has 2 rings (SSSR count). The molecule has 1 aromatic heterocycles. The molecule has 0 radical (unpaired) electrons. The van der Waals surface area contributed by atoms with Crippen molar-refractivity contribution in [2.24, 2.45) is 5.92 Å². The predicted octanol–water partition coefficient (Wildman–Crippen LogP) is 3.35. The SMILES string of the molecule is CCC1CCC(O)(CNc2cc(C#N)cc(Cl)n2)CC1. The minimum atomic E-state index is -0.678. The lowest BCUT2D eigenvalue weighted by atomic mass is 9.78. The number of aliphatic hydroxyl groups is 1. The van der Waals surface area contributed by atoms with Crippen molar-refractivity contribution in [3.8, 4) is 6.07 Å². The minimum Gasteiger partial charge on any atom is -0.388 e. The van der Waals surface area contributed by atoms with Crippen LogP contribution in [0.3, 0.4) is 0 Å². The maximum atomic E-state index is 10.6. The molecule has 5 heteroatoms. The van der Waals surface area contributed by atoms with Crippen LogP contribution in [0, 0.1) is 17.2 Å². The lowest BCUT2D eigenvalue weighted by Gasteiger charge is -2.36. The first-order chi connectivity index (χ1) is 9.54. The molecule has 1 fully saturated rings. The van der Waals surface area contributed by atoms with E-state index >= 15 is 0 Å². The molecule has 1 saturated carbocycles. The second-order valence-electron chi connectivity index (χ2n) is 5.61. The molecule has 1 heterocycles. The number of anilines is 1. The van der Waals surface area contributed by atoms with E-state index in [2.05, 4.69) is 17.2 Å². The van der Waals surface area contributed by atoms with Crippen LogP contribution in [0.5, 0.6) is 0 Å². The number of rotatable bonds is 4. The van der Waals surface area contributed by atoms with Gasteiger partial charge in [0.15, 0.2) is 0 Å². The van der Waals surface area contributed by atoms with Crippen molar-refractivity contribution in [3.05, 3.63) is 22.8 Å². The smallest absolute Gasteiger partial charge is 0.132 e. The van der Waals surface area contributed by atoms with Crippen LogP contribution in [0.25, 0.3) is 0 Å². The van der Waals surface area contributed by atoms with E-state index in [1.807, 2.05) is 6.07 Å². The summed E-state index contributed by atoms with van der Waals surface area (Å²) >= 11 is 5.86. The molecule has 108 valence electrons. The molecule has 2 N–H and O–H groups in total. The molecule has 0 bridgehead atoms. The van der Waals surface area contributed by atoms with E-state index in [9.17, 15) is 5.11 Å². The Kier molecular flexibility index (Phi) is 4.85. The first kappa shape index (κ1) is 15.1. The van der Waals surface area contributed by atoms with Crippen molar-refractivity contribution in [2.45, 2.75) is 44.6 Å². The minimum absolute atomic E-state index is 0.285. The molecule has 0 amide bonds. The summed E-state index contributed by atoms with van der Waals surface area (Å²) in [6.45, 7) is 2.65. The number of aromatic nitrogens is 1. The van der Waals surface area contributed by atoms with Gasteiger partial charge < -0.3 is 10.4 Å². The Morgan fingerprint density at radius 3 is 2.80 bits per heavy atom. The lowest BCUT2D eigenvalue weighted by Crippen LogP contribution is -2.40. The highest BCUT2D eigenvalue weighted by molar-refractivity contribution is 6.29. The predicted molar refractivity (Wildman–Crippen MR) is 79.7 cm³/mol. The lowest BCUT2D eigenvalue weighted by molar-refractivity contribution is 0.00223. The van der Waals surface area contributed by atoms with Gasteiger partial charge in [-0.25, -0.2) is 4.98 Å². The normalized spacial score (nSPS) is 26.0. The van der Waals surface area contributed by atoms with Crippen LogP contribution in [0.15, 0.2) is 12.1 Å². The van der Waals surface area contributed by atoms with E-state index in [1.165, 1.54) is 12.5 Å². The van der Waals surface area contributed by atoms with E-state index in [0.29, 0.717) is 17.9 Å². The van der Waals surface area contributed by atoms with E-state index in [4.69, 9.17) is 16.9 Å². The van der Waals surface area contributed by atoms with Gasteiger partial charge in [-0.15, -0.1) is 0 Å². The second-order valence-corrected chi connectivity index (χ2v) is 5.99. The highest BCUT2D eigenvalue weighted by atomic mass is 35.5. The summed E-state index contributed by atoms with van der Waals surface area (Å²) in [6, 6.07) is 5.21. The third kappa shape index (κ3) is 3.84. The summed E-state index contributed by atoms with van der Waals surface area (Å²) < 4.78 is 0. The molecule has 1 aliphatic rings. The number of pyridine rings is 1. The van der Waals surface area contributed by atoms with Crippen molar-refractivity contribution in [1.82, 2.24) is 4.98 Å². The fourth-order valence-electron chi connectivity index (χ4n) is 2.71. The van der Waals surface area contributed by atoms with Crippen LogP contribution in [0.4, 0.5) is 5.82 Å². The van der Waals surface area contributed by atoms with E-state index < -0.39 is 5.60 Å². The number of nitrogens with one attached hydrogen (secondary N) is 1. The zero-order chi connectivity index (χ0) is 14.6. The van der Waals surface area contributed by atoms with Crippen molar-refractivity contribution >= 4 is 17.4 Å². The van der Waals surface area contributed by atoms with Crippen LogP contribution in [-0.2, 0) is 0 Å². The fraction of sp³-hybridized carbons (Fsp3) is 0.600. The molecule has 4 nitrogen and oxygen atoms in total. The van der Waals surface area contributed by atoms with Gasteiger partial charge in [-0.2, -0.15) is 5.26 Å². The summed E-state index contributed by atoms with van der Waals surface area (Å²) in [4.78, 5) is 4.12. The van der Waals surface area contributed by atoms with Crippen molar-refractivity contribution < 1.29 is 5.11 Å². The largest absolute Gasteiger partial charge is 0.388 e. The summed E-state index contributed by atoms with van der Waals surface area (Å²) in [5, 5.41) is 22.8. The third-order valence-corrected chi connectivity index (χ3v) is 4.33. The number of hydrogen-bond donors (Lipinski definition) is 2. The number of hydrogen-bond acceptors (Lipinski definition) is 4. The van der Waals surface area contributed by atoms with Crippen molar-refractivity contribution in [2.75, 3.05) is 11.9 Å². The molecule has 0 aromatic carbocycles. The summed E-state index contributed by atoms with van der Waals surface area (Å²) in [5.41, 5.74) is -0.211. The Balaban J connectivity index is 1.95. The standard InChI is InChI=1S/C15H20ClN3O/c1-2-11-3-5-15(20,6-4-11)10-18-14-8-12(9-17)7-13(16)19-14/h7-8,11,20H,2-6,10H2,1H3,(H,18,19). The number of nitriles is 1. The van der Waals surface area contributed by atoms with Gasteiger partial charge in [0.25, 0.3) is 0 Å². The first-order valence-electron chi connectivity index (χ1n) is 7.08. The van der Waals surface area contributed by atoms with Crippen LogP contribution in [0.1, 0.15) is 44.6 Å². The van der Waals surface area contributed by atoms with Gasteiger partial charge >= 0.3 is 0 Å². The molecule has 0 atom stereocenters. The molecule has 1 aromatic rings. The third-order valence-electron chi connectivity index (χ3n) is 4.13.